The summed E-state index contributed by atoms with van der Waals surface area (Å²) in [6.45, 7) is 7.90. The maximum atomic E-state index is 14.1. The number of hydrogen-bond donors (Lipinski definition) is 0. The molecule has 1 aromatic heterocycles. The Labute approximate surface area is 278 Å². The lowest BCUT2D eigenvalue weighted by atomic mass is 9.95. The van der Waals surface area contributed by atoms with Gasteiger partial charge in [-0.15, -0.1) is 0 Å². The van der Waals surface area contributed by atoms with Gasteiger partial charge in [0.2, 0.25) is 0 Å². The largest absolute Gasteiger partial charge is 0.496 e. The van der Waals surface area contributed by atoms with Gasteiger partial charge in [-0.2, -0.15) is 0 Å². The molecule has 0 N–H and O–H groups in total. The molecule has 0 saturated carbocycles. The van der Waals surface area contributed by atoms with Gasteiger partial charge in [-0.25, -0.2) is 9.79 Å². The van der Waals surface area contributed by atoms with E-state index in [1.165, 1.54) is 15.9 Å². The summed E-state index contributed by atoms with van der Waals surface area (Å²) in [6, 6.07) is 17.6. The molecule has 0 bridgehead atoms. The molecule has 5 rings (SSSR count). The maximum Gasteiger partial charge on any atom is 0.338 e. The van der Waals surface area contributed by atoms with Crippen LogP contribution in [0.4, 0.5) is 0 Å². The average Bonchev–Trinajstić information content (AvgIpc) is 3.30. The summed E-state index contributed by atoms with van der Waals surface area (Å²) in [5.74, 6) is 1.08. The van der Waals surface area contributed by atoms with Gasteiger partial charge >= 0.3 is 5.97 Å². The van der Waals surface area contributed by atoms with Crippen LogP contribution in [0.15, 0.2) is 86.2 Å². The number of fused-ring (bicyclic) bond motifs is 1. The van der Waals surface area contributed by atoms with Crippen LogP contribution < -0.4 is 29.1 Å². The smallest absolute Gasteiger partial charge is 0.338 e. The summed E-state index contributed by atoms with van der Waals surface area (Å²) in [5, 5.41) is 0.622. The number of carbonyl (C=O) groups excluding carboxylic acids is 1. The zero-order valence-corrected chi connectivity index (χ0v) is 28.6. The molecular formula is C34H32BrClN2O6S. The van der Waals surface area contributed by atoms with Gasteiger partial charge in [0.15, 0.2) is 16.3 Å². The van der Waals surface area contributed by atoms with Crippen LogP contribution >= 0.6 is 38.9 Å². The predicted molar refractivity (Wildman–Crippen MR) is 179 cm³/mol. The molecule has 0 aliphatic carbocycles. The number of benzene rings is 3. The Balaban J connectivity index is 1.60. The molecule has 0 radical (unpaired) electrons. The quantitative estimate of drug-likeness (QED) is 0.173. The van der Waals surface area contributed by atoms with Gasteiger partial charge in [0.05, 0.1) is 35.6 Å². The van der Waals surface area contributed by atoms with Crippen LogP contribution in [-0.4, -0.2) is 30.4 Å². The third-order valence-corrected chi connectivity index (χ3v) is 8.82. The van der Waals surface area contributed by atoms with E-state index in [0.717, 1.165) is 15.6 Å². The number of nitrogens with zero attached hydrogens (tertiary/aromatic N) is 2. The Morgan fingerprint density at radius 3 is 2.56 bits per heavy atom. The summed E-state index contributed by atoms with van der Waals surface area (Å²) >= 11 is 11.1. The number of hydrogen-bond acceptors (Lipinski definition) is 8. The molecular weight excluding hydrogens is 680 g/mol. The van der Waals surface area contributed by atoms with Crippen molar-refractivity contribution in [2.24, 2.45) is 4.99 Å². The molecule has 234 valence electrons. The van der Waals surface area contributed by atoms with E-state index in [9.17, 15) is 9.59 Å². The molecule has 0 fully saturated rings. The van der Waals surface area contributed by atoms with Crippen LogP contribution in [0.2, 0.25) is 5.02 Å². The molecule has 11 heteroatoms. The van der Waals surface area contributed by atoms with Crippen molar-refractivity contribution in [2.75, 3.05) is 13.7 Å². The van der Waals surface area contributed by atoms with Crippen molar-refractivity contribution in [3.63, 3.8) is 0 Å². The summed E-state index contributed by atoms with van der Waals surface area (Å²) in [7, 11) is 1.55. The number of rotatable bonds is 10. The molecule has 1 atom stereocenters. The highest BCUT2D eigenvalue weighted by Crippen LogP contribution is 2.37. The second-order valence-corrected chi connectivity index (χ2v) is 12.8. The first-order valence-electron chi connectivity index (χ1n) is 14.3. The van der Waals surface area contributed by atoms with Gasteiger partial charge in [0.25, 0.3) is 5.56 Å². The van der Waals surface area contributed by atoms with Gasteiger partial charge < -0.3 is 18.9 Å². The van der Waals surface area contributed by atoms with E-state index in [1.54, 1.807) is 40.0 Å². The first-order chi connectivity index (χ1) is 21.6. The number of ether oxygens (including phenoxy) is 4. The fourth-order valence-electron chi connectivity index (χ4n) is 5.00. The van der Waals surface area contributed by atoms with Crippen LogP contribution in [0.3, 0.4) is 0 Å². The number of allylic oxidation sites excluding steroid dienone is 1. The fraction of sp³-hybridized carbons (Fsp3) is 0.265. The maximum absolute atomic E-state index is 14.1. The highest BCUT2D eigenvalue weighted by molar-refractivity contribution is 9.10. The highest BCUT2D eigenvalue weighted by Gasteiger charge is 2.35. The van der Waals surface area contributed by atoms with Crippen molar-refractivity contribution < 1.29 is 23.7 Å². The van der Waals surface area contributed by atoms with Crippen LogP contribution in [0.25, 0.3) is 6.08 Å². The van der Waals surface area contributed by atoms with Crippen molar-refractivity contribution in [1.82, 2.24) is 4.57 Å². The summed E-state index contributed by atoms with van der Waals surface area (Å²) in [6.07, 6.45) is 1.42. The van der Waals surface area contributed by atoms with Crippen molar-refractivity contribution in [2.45, 2.75) is 46.4 Å². The van der Waals surface area contributed by atoms with Crippen LogP contribution in [-0.2, 0) is 16.1 Å². The van der Waals surface area contributed by atoms with Crippen LogP contribution in [0.1, 0.15) is 50.4 Å². The second kappa shape index (κ2) is 14.1. The van der Waals surface area contributed by atoms with Crippen LogP contribution in [0.5, 0.6) is 17.2 Å². The predicted octanol–water partition coefficient (Wildman–Crippen LogP) is 6.59. The molecule has 1 aliphatic heterocycles. The van der Waals surface area contributed by atoms with Crippen molar-refractivity contribution in [1.29, 1.82) is 0 Å². The topological polar surface area (TPSA) is 88.4 Å². The van der Waals surface area contributed by atoms with Crippen LogP contribution in [0, 0.1) is 0 Å². The number of carbonyl (C=O) groups is 1. The first-order valence-corrected chi connectivity index (χ1v) is 16.3. The minimum absolute atomic E-state index is 0.275. The van der Waals surface area contributed by atoms with Gasteiger partial charge in [0, 0.05) is 20.6 Å². The van der Waals surface area contributed by atoms with E-state index in [-0.39, 0.29) is 23.8 Å². The summed E-state index contributed by atoms with van der Waals surface area (Å²) in [4.78, 5) is 32.7. The average molecular weight is 712 g/mol. The van der Waals surface area contributed by atoms with Gasteiger partial charge in [0.1, 0.15) is 18.4 Å². The Morgan fingerprint density at radius 1 is 1.09 bits per heavy atom. The summed E-state index contributed by atoms with van der Waals surface area (Å²) < 4.78 is 26.0. The SMILES string of the molecule is CCOc1cc(/C=c2\sc3n(c2=O)[C@@H](c2cc(Br)ccc2OC)C(C(=O)OC(C)C)=C(C)N=3)ccc1OCc1ccccc1Cl. The lowest BCUT2D eigenvalue weighted by molar-refractivity contribution is -0.143. The number of aromatic nitrogens is 1. The summed E-state index contributed by atoms with van der Waals surface area (Å²) in [5.41, 5.74) is 2.67. The monoisotopic (exact) mass is 710 g/mol. The zero-order valence-electron chi connectivity index (χ0n) is 25.4. The Hall–Kier alpha value is -3.86. The van der Waals surface area contributed by atoms with E-state index in [0.29, 0.717) is 49.5 Å². The van der Waals surface area contributed by atoms with Crippen molar-refractivity contribution in [3.05, 3.63) is 118 Å². The van der Waals surface area contributed by atoms with Crippen molar-refractivity contribution in [3.8, 4) is 17.2 Å². The molecule has 0 spiro atoms. The van der Waals surface area contributed by atoms with E-state index in [2.05, 4.69) is 20.9 Å². The Morgan fingerprint density at radius 2 is 1.84 bits per heavy atom. The van der Waals surface area contributed by atoms with Gasteiger partial charge in [-0.3, -0.25) is 9.36 Å². The first kappa shape index (κ1) is 32.5. The number of esters is 1. The van der Waals surface area contributed by atoms with Crippen molar-refractivity contribution >= 4 is 50.9 Å². The number of methoxy groups -OCH3 is 1. The molecule has 3 aromatic carbocycles. The normalized spacial score (nSPS) is 14.7. The molecule has 1 aliphatic rings. The van der Waals surface area contributed by atoms with E-state index >= 15 is 0 Å². The third kappa shape index (κ3) is 7.03. The lowest BCUT2D eigenvalue weighted by Crippen LogP contribution is -2.40. The van der Waals surface area contributed by atoms with E-state index in [4.69, 9.17) is 30.5 Å². The highest BCUT2D eigenvalue weighted by atomic mass is 79.9. The molecule has 0 unspecified atom stereocenters. The molecule has 4 aromatic rings. The van der Waals surface area contributed by atoms with Gasteiger partial charge in [-0.05, 0) is 75.7 Å². The molecule has 0 amide bonds. The molecule has 8 nitrogen and oxygen atoms in total. The number of thiazole rings is 1. The Bertz CT molecular complexity index is 1970. The van der Waals surface area contributed by atoms with E-state index in [1.807, 2.05) is 61.5 Å². The minimum atomic E-state index is -0.818. The van der Waals surface area contributed by atoms with Gasteiger partial charge in [-0.1, -0.05) is 63.1 Å². The molecule has 45 heavy (non-hydrogen) atoms. The standard InChI is InChI=1S/C34H32BrClN2O6S/c1-6-42-28-15-21(11-13-27(28)43-18-22-9-7-8-10-25(22)36)16-29-32(39)38-31(24-17-23(35)12-14-26(24)41-5)30(33(40)44-19(2)3)20(4)37-34(38)45-29/h7-17,19,31H,6,18H2,1-5H3/b29-16-/t31-/m0/s1. The number of halogens is 2. The lowest BCUT2D eigenvalue weighted by Gasteiger charge is -2.26. The third-order valence-electron chi connectivity index (χ3n) is 6.98. The van der Waals surface area contributed by atoms with E-state index < -0.39 is 12.0 Å². The molecule has 0 saturated heterocycles. The zero-order chi connectivity index (χ0) is 32.2. The Kier molecular flexibility index (Phi) is 10.2. The fourth-order valence-corrected chi connectivity index (χ4v) is 6.61. The second-order valence-electron chi connectivity index (χ2n) is 10.4. The molecule has 2 heterocycles. The minimum Gasteiger partial charge on any atom is -0.496 e.